The predicted octanol–water partition coefficient (Wildman–Crippen LogP) is 8.03. The minimum absolute atomic E-state index is 0.473. The minimum Gasteiger partial charge on any atom is -0.106 e. The molecule has 0 aliphatic rings. The highest BCUT2D eigenvalue weighted by molar-refractivity contribution is 5.02. The topological polar surface area (TPSA) is 0 Å². The average Bonchev–Trinajstić information content (AvgIpc) is 2.49. The maximum atomic E-state index is 3.25. The van der Waals surface area contributed by atoms with Crippen LogP contribution >= 0.6 is 0 Å². The van der Waals surface area contributed by atoms with Crippen LogP contribution in [-0.2, 0) is 0 Å². The summed E-state index contributed by atoms with van der Waals surface area (Å²) >= 11 is 0. The Balaban J connectivity index is 3.92. The van der Waals surface area contributed by atoms with Gasteiger partial charge in [-0.15, -0.1) is 11.8 Å². The summed E-state index contributed by atoms with van der Waals surface area (Å²) in [5.74, 6) is 8.40. The molecule has 0 aliphatic carbocycles. The lowest BCUT2D eigenvalue weighted by molar-refractivity contribution is 0.330. The molecule has 0 amide bonds. The molecule has 0 fully saturated rings. The van der Waals surface area contributed by atoms with Gasteiger partial charge in [0.2, 0.25) is 0 Å². The van der Waals surface area contributed by atoms with Crippen molar-refractivity contribution >= 4 is 0 Å². The Kier molecular flexibility index (Phi) is 12.3. The van der Waals surface area contributed by atoms with E-state index in [0.29, 0.717) is 11.3 Å². The maximum absolute atomic E-state index is 3.25. The van der Waals surface area contributed by atoms with Gasteiger partial charge in [-0.1, -0.05) is 72.5 Å². The van der Waals surface area contributed by atoms with Crippen molar-refractivity contribution in [3.63, 3.8) is 0 Å². The maximum Gasteiger partial charge on any atom is 0.0174 e. The van der Waals surface area contributed by atoms with Gasteiger partial charge in [0.15, 0.2) is 0 Å². The van der Waals surface area contributed by atoms with Crippen molar-refractivity contribution in [2.45, 2.75) is 107 Å². The number of unbranched alkanes of at least 4 members (excludes halogenated alkanes) is 2. The van der Waals surface area contributed by atoms with Crippen LogP contribution in [-0.4, -0.2) is 0 Å². The number of hydrogen-bond acceptors (Lipinski definition) is 0. The van der Waals surface area contributed by atoms with Crippen LogP contribution in [0.15, 0.2) is 11.6 Å². The lowest BCUT2D eigenvalue weighted by Crippen LogP contribution is -2.07. The largest absolute Gasteiger partial charge is 0.106 e. The third kappa shape index (κ3) is 13.7. The van der Waals surface area contributed by atoms with Crippen LogP contribution in [0.25, 0.3) is 0 Å². The lowest BCUT2D eigenvalue weighted by atomic mass is 9.85. The highest BCUT2D eigenvalue weighted by Gasteiger charge is 2.12. The summed E-state index contributed by atoms with van der Waals surface area (Å²) < 4.78 is 0. The van der Waals surface area contributed by atoms with Gasteiger partial charge in [-0.2, -0.15) is 0 Å². The zero-order valence-electron chi connectivity index (χ0n) is 18.0. The van der Waals surface area contributed by atoms with Gasteiger partial charge in [-0.25, -0.2) is 0 Å². The molecule has 0 aliphatic heterocycles. The van der Waals surface area contributed by atoms with Crippen LogP contribution in [0.3, 0.4) is 0 Å². The molecule has 0 saturated heterocycles. The van der Waals surface area contributed by atoms with Crippen molar-refractivity contribution in [1.29, 1.82) is 0 Å². The summed E-state index contributed by atoms with van der Waals surface area (Å²) in [4.78, 5) is 0. The van der Waals surface area contributed by atoms with Crippen molar-refractivity contribution in [2.75, 3.05) is 0 Å². The lowest BCUT2D eigenvalue weighted by Gasteiger charge is -2.20. The van der Waals surface area contributed by atoms with Gasteiger partial charge in [-0.05, 0) is 63.2 Å². The fourth-order valence-electron chi connectivity index (χ4n) is 3.01. The minimum atomic E-state index is 0.473. The van der Waals surface area contributed by atoms with Crippen LogP contribution in [0.2, 0.25) is 0 Å². The summed E-state index contributed by atoms with van der Waals surface area (Å²) in [5, 5.41) is 0. The van der Waals surface area contributed by atoms with Crippen LogP contribution in [0.5, 0.6) is 0 Å². The van der Waals surface area contributed by atoms with Crippen molar-refractivity contribution in [3.05, 3.63) is 11.6 Å². The van der Waals surface area contributed by atoms with Gasteiger partial charge in [0.05, 0.1) is 0 Å². The van der Waals surface area contributed by atoms with Gasteiger partial charge in [0.25, 0.3) is 0 Å². The first-order chi connectivity index (χ1) is 11.2. The summed E-state index contributed by atoms with van der Waals surface area (Å²) in [6, 6.07) is 0. The summed E-state index contributed by atoms with van der Waals surface area (Å²) in [7, 11) is 0. The molecule has 0 aromatic heterocycles. The predicted molar refractivity (Wildman–Crippen MR) is 111 cm³/mol. The molecular formula is C24H44. The Bertz CT molecular complexity index is 396. The van der Waals surface area contributed by atoms with E-state index in [0.717, 1.165) is 11.8 Å². The second-order valence-electron chi connectivity index (χ2n) is 9.22. The molecule has 3 atom stereocenters. The first-order valence-corrected chi connectivity index (χ1v) is 10.2. The quantitative estimate of drug-likeness (QED) is 0.204. The van der Waals surface area contributed by atoms with Crippen LogP contribution in [0.4, 0.5) is 0 Å². The first kappa shape index (κ1) is 23.3. The average molecular weight is 333 g/mol. The fourth-order valence-corrected chi connectivity index (χ4v) is 3.01. The van der Waals surface area contributed by atoms with Crippen LogP contribution in [0.1, 0.15) is 107 Å². The van der Waals surface area contributed by atoms with Crippen molar-refractivity contribution in [3.8, 4) is 11.8 Å². The fraction of sp³-hybridized carbons (Fsp3) is 0.833. The highest BCUT2D eigenvalue weighted by atomic mass is 14.2. The van der Waals surface area contributed by atoms with E-state index in [1.165, 1.54) is 51.4 Å². The van der Waals surface area contributed by atoms with E-state index in [1.807, 2.05) is 6.92 Å². The third-order valence-corrected chi connectivity index (χ3v) is 5.17. The van der Waals surface area contributed by atoms with E-state index in [4.69, 9.17) is 0 Å². The molecule has 0 heteroatoms. The van der Waals surface area contributed by atoms with Crippen LogP contribution in [0, 0.1) is 35.0 Å². The molecule has 3 unspecified atom stereocenters. The molecule has 0 N–H and O–H groups in total. The molecule has 0 saturated carbocycles. The normalized spacial score (nSPS) is 16.2. The number of hydrogen-bond donors (Lipinski definition) is 0. The molecule has 0 bridgehead atoms. The molecule has 0 aromatic rings. The molecular weight excluding hydrogens is 288 g/mol. The van der Waals surface area contributed by atoms with Gasteiger partial charge in [0, 0.05) is 5.92 Å². The van der Waals surface area contributed by atoms with E-state index in [2.05, 4.69) is 66.4 Å². The van der Waals surface area contributed by atoms with Crippen molar-refractivity contribution in [1.82, 2.24) is 0 Å². The molecule has 0 nitrogen and oxygen atoms in total. The Morgan fingerprint density at radius 3 is 2.17 bits per heavy atom. The third-order valence-electron chi connectivity index (χ3n) is 5.17. The van der Waals surface area contributed by atoms with Crippen molar-refractivity contribution < 1.29 is 0 Å². The molecule has 0 radical (unpaired) electrons. The van der Waals surface area contributed by atoms with E-state index in [9.17, 15) is 0 Å². The zero-order chi connectivity index (χ0) is 18.6. The second kappa shape index (κ2) is 12.6. The second-order valence-corrected chi connectivity index (χ2v) is 9.22. The van der Waals surface area contributed by atoms with Crippen molar-refractivity contribution in [2.24, 2.45) is 23.2 Å². The van der Waals surface area contributed by atoms with Gasteiger partial charge in [0.1, 0.15) is 0 Å². The summed E-state index contributed by atoms with van der Waals surface area (Å²) in [6.07, 6.45) is 13.1. The highest BCUT2D eigenvalue weighted by Crippen LogP contribution is 2.26. The Hall–Kier alpha value is -0.700. The Morgan fingerprint density at radius 2 is 1.58 bits per heavy atom. The van der Waals surface area contributed by atoms with Crippen LogP contribution < -0.4 is 0 Å². The van der Waals surface area contributed by atoms with Gasteiger partial charge < -0.3 is 0 Å². The summed E-state index contributed by atoms with van der Waals surface area (Å²) in [5.41, 5.74) is 2.07. The number of rotatable bonds is 11. The molecule has 24 heavy (non-hydrogen) atoms. The zero-order valence-corrected chi connectivity index (χ0v) is 18.0. The Labute approximate surface area is 153 Å². The standard InChI is InChI=1S/C24H44/c1-9-13-20(2)14-11-10-12-15-22(4)23(5)17-16-21(3)18-19-24(6,7)8/h17,20-22H,10-12,14-16,18-19H2,1-8H3. The molecule has 0 rings (SSSR count). The SMILES string of the molecule is CC#CC(C)CCCCCC(C)C(C)=CCC(C)CCC(C)(C)C. The molecule has 0 spiro atoms. The first-order valence-electron chi connectivity index (χ1n) is 10.2. The van der Waals surface area contributed by atoms with Gasteiger partial charge >= 0.3 is 0 Å². The van der Waals surface area contributed by atoms with Gasteiger partial charge in [-0.3, -0.25) is 0 Å². The monoisotopic (exact) mass is 332 g/mol. The van der Waals surface area contributed by atoms with E-state index < -0.39 is 0 Å². The molecule has 0 aromatic carbocycles. The molecule has 140 valence electrons. The summed E-state index contributed by atoms with van der Waals surface area (Å²) in [6.45, 7) is 18.4. The van der Waals surface area contributed by atoms with E-state index in [1.54, 1.807) is 5.57 Å². The van der Waals surface area contributed by atoms with E-state index >= 15 is 0 Å². The number of allylic oxidation sites excluding steroid dienone is 2. The molecule has 0 heterocycles. The smallest absolute Gasteiger partial charge is 0.0174 e. The Morgan fingerprint density at radius 1 is 0.958 bits per heavy atom. The van der Waals surface area contributed by atoms with E-state index in [-0.39, 0.29) is 0 Å².